The Kier molecular flexibility index (Phi) is 4.49. The van der Waals surface area contributed by atoms with E-state index >= 15 is 0 Å². The maximum atomic E-state index is 2.55. The number of hydrogen-bond donors (Lipinski definition) is 0. The quantitative estimate of drug-likeness (QED) is 0.359. The summed E-state index contributed by atoms with van der Waals surface area (Å²) < 4.78 is 1.54. The van der Waals surface area contributed by atoms with Crippen LogP contribution in [0.4, 0.5) is 0 Å². The Morgan fingerprint density at radius 2 is 1.81 bits per heavy atom. The van der Waals surface area contributed by atoms with Crippen molar-refractivity contribution in [3.8, 4) is 0 Å². The molecule has 0 fully saturated rings. The molecule has 0 radical (unpaired) electrons. The average Bonchev–Trinajstić information content (AvgIpc) is 2.55. The minimum atomic E-state index is 0.316. The Morgan fingerprint density at radius 1 is 1.19 bits per heavy atom. The Bertz CT molecular complexity index is 472. The van der Waals surface area contributed by atoms with Gasteiger partial charge in [0.2, 0.25) is 0 Å². The van der Waals surface area contributed by atoms with Gasteiger partial charge in [0.05, 0.1) is 4.20 Å². The lowest BCUT2D eigenvalue weighted by atomic mass is 10.1. The first kappa shape index (κ1) is 13.1. The third-order valence-electron chi connectivity index (χ3n) is 2.45. The fourth-order valence-corrected chi connectivity index (χ4v) is 10.5. The molecular formula is C12H13IS3. The van der Waals surface area contributed by atoms with Crippen molar-refractivity contribution < 1.29 is 0 Å². The molecule has 0 spiro atoms. The zero-order chi connectivity index (χ0) is 11.7. The first-order valence-corrected chi connectivity index (χ1v) is 11.2. The highest BCUT2D eigenvalue weighted by molar-refractivity contribution is 14.2. The fraction of sp³-hybridized carbons (Fsp3) is 0.250. The first-order valence-electron chi connectivity index (χ1n) is 4.91. The van der Waals surface area contributed by atoms with E-state index in [0.29, 0.717) is 6.69 Å². The van der Waals surface area contributed by atoms with Gasteiger partial charge < -0.3 is 0 Å². The molecule has 0 aliphatic carbocycles. The van der Waals surface area contributed by atoms with Crippen molar-refractivity contribution in [1.82, 2.24) is 0 Å². The molecule has 1 heterocycles. The number of benzene rings is 1. The van der Waals surface area contributed by atoms with Crippen LogP contribution in [0.1, 0.15) is 18.1 Å². The van der Waals surface area contributed by atoms with Crippen LogP contribution in [0.15, 0.2) is 29.8 Å². The summed E-state index contributed by atoms with van der Waals surface area (Å²) in [6.07, 6.45) is 2.18. The lowest BCUT2D eigenvalue weighted by molar-refractivity contribution is 1.46. The van der Waals surface area contributed by atoms with Crippen molar-refractivity contribution >= 4 is 59.6 Å². The summed E-state index contributed by atoms with van der Waals surface area (Å²) in [7, 11) is 2.00. The van der Waals surface area contributed by atoms with Crippen molar-refractivity contribution in [2.75, 3.05) is 6.26 Å². The van der Waals surface area contributed by atoms with Crippen LogP contribution in [0.5, 0.6) is 0 Å². The van der Waals surface area contributed by atoms with E-state index in [0.717, 1.165) is 0 Å². The Labute approximate surface area is 120 Å². The van der Waals surface area contributed by atoms with Gasteiger partial charge in [0, 0.05) is 26.1 Å². The molecule has 0 aromatic heterocycles. The van der Waals surface area contributed by atoms with Gasteiger partial charge in [-0.25, -0.2) is 0 Å². The average molecular weight is 380 g/mol. The van der Waals surface area contributed by atoms with E-state index in [1.54, 1.807) is 4.20 Å². The van der Waals surface area contributed by atoms with Crippen molar-refractivity contribution in [2.24, 2.45) is 0 Å². The predicted molar refractivity (Wildman–Crippen MR) is 91.5 cm³/mol. The van der Waals surface area contributed by atoms with Gasteiger partial charge in [0.1, 0.15) is 0 Å². The number of halogens is 1. The van der Waals surface area contributed by atoms with Gasteiger partial charge in [-0.3, -0.25) is 0 Å². The highest BCUT2D eigenvalue weighted by Gasteiger charge is 2.20. The highest BCUT2D eigenvalue weighted by Crippen LogP contribution is 2.57. The summed E-state index contributed by atoms with van der Waals surface area (Å²) in [4.78, 5) is 1.46. The second-order valence-electron chi connectivity index (χ2n) is 3.62. The van der Waals surface area contributed by atoms with E-state index in [1.165, 1.54) is 21.6 Å². The van der Waals surface area contributed by atoms with Crippen molar-refractivity contribution in [2.45, 2.75) is 13.8 Å². The Hall–Kier alpha value is 0.610. The van der Waals surface area contributed by atoms with Gasteiger partial charge >= 0.3 is 0 Å². The summed E-state index contributed by atoms with van der Waals surface area (Å²) in [6, 6.07) is 8.85. The van der Waals surface area contributed by atoms with Crippen LogP contribution in [0.25, 0.3) is 4.91 Å². The largest absolute Gasteiger partial charge is 0.122 e. The van der Waals surface area contributed by atoms with Gasteiger partial charge in [0.15, 0.2) is 0 Å². The summed E-state index contributed by atoms with van der Waals surface area (Å²) in [5, 5.41) is 0. The summed E-state index contributed by atoms with van der Waals surface area (Å²) in [5.41, 5.74) is 4.16. The zero-order valence-corrected chi connectivity index (χ0v) is 14.0. The molecule has 1 aromatic carbocycles. The lowest BCUT2D eigenvalue weighted by Gasteiger charge is -2.04. The third kappa shape index (κ3) is 2.54. The monoisotopic (exact) mass is 380 g/mol. The molecule has 1 aliphatic heterocycles. The summed E-state index contributed by atoms with van der Waals surface area (Å²) in [5.74, 6) is 0. The second kappa shape index (κ2) is 5.50. The van der Waals surface area contributed by atoms with Gasteiger partial charge in [-0.2, -0.15) is 0 Å². The maximum Gasteiger partial charge on any atom is 0.0545 e. The maximum absolute atomic E-state index is 2.55. The van der Waals surface area contributed by atoms with Crippen molar-refractivity contribution in [1.29, 1.82) is 0 Å². The molecule has 0 saturated heterocycles. The van der Waals surface area contributed by atoms with E-state index in [1.807, 2.05) is 22.6 Å². The number of rotatable bonds is 1. The van der Waals surface area contributed by atoms with Crippen LogP contribution < -0.4 is 0 Å². The minimum Gasteiger partial charge on any atom is -0.122 e. The molecule has 0 N–H and O–H groups in total. The van der Waals surface area contributed by atoms with Gasteiger partial charge in [0.25, 0.3) is 0 Å². The smallest absolute Gasteiger partial charge is 0.0545 e. The molecule has 1 atom stereocenters. The molecule has 1 unspecified atom stereocenters. The second-order valence-corrected chi connectivity index (χ2v) is 12.1. The van der Waals surface area contributed by atoms with Crippen LogP contribution in [0.2, 0.25) is 0 Å². The summed E-state index contributed by atoms with van der Waals surface area (Å²) in [6.45, 7) is 4.70. The molecule has 1 aromatic rings. The third-order valence-corrected chi connectivity index (χ3v) is 11.2. The predicted octanol–water partition coefficient (Wildman–Crippen LogP) is 5.50. The van der Waals surface area contributed by atoms with Gasteiger partial charge in [-0.1, -0.05) is 40.6 Å². The van der Waals surface area contributed by atoms with Crippen LogP contribution in [-0.4, -0.2) is 10.5 Å². The normalized spacial score (nSPS) is 20.8. The molecule has 0 nitrogen and oxygen atoms in total. The molecule has 86 valence electrons. The van der Waals surface area contributed by atoms with Crippen molar-refractivity contribution in [3.63, 3.8) is 0 Å². The molecule has 0 amide bonds. The number of hydrogen-bond acceptors (Lipinski definition) is 2. The number of thioether (sulfide) groups is 1. The molecule has 2 rings (SSSR count). The summed E-state index contributed by atoms with van der Waals surface area (Å²) >= 11 is 4.44. The SMILES string of the molecule is CSC1=S(I)SC(c2ccc(C)cc2)=C1C. The minimum absolute atomic E-state index is 0.316. The lowest BCUT2D eigenvalue weighted by Crippen LogP contribution is -1.89. The fourth-order valence-electron chi connectivity index (χ4n) is 1.57. The van der Waals surface area contributed by atoms with E-state index < -0.39 is 0 Å². The molecule has 16 heavy (non-hydrogen) atoms. The van der Waals surface area contributed by atoms with Gasteiger partial charge in [-0.05, 0) is 37.9 Å². The number of aryl methyl sites for hydroxylation is 1. The van der Waals surface area contributed by atoms with E-state index in [9.17, 15) is 0 Å². The van der Waals surface area contributed by atoms with E-state index in [-0.39, 0.29) is 0 Å². The molecule has 4 heteroatoms. The standard InChI is InChI=1S/C12H13IS3/c1-8-4-6-10(7-5-8)11-9(2)12(14-3)16(13)15-11/h4-7H,1-3H3. The first-order chi connectivity index (χ1) is 7.63. The van der Waals surface area contributed by atoms with Crippen molar-refractivity contribution in [3.05, 3.63) is 41.0 Å². The topological polar surface area (TPSA) is 0 Å². The van der Waals surface area contributed by atoms with E-state index in [2.05, 4.69) is 65.6 Å². The Balaban J connectivity index is 2.38. The molecule has 1 aliphatic rings. The molecule has 0 bridgehead atoms. The molecule has 0 saturated carbocycles. The van der Waals surface area contributed by atoms with Crippen LogP contribution >= 0.6 is 50.4 Å². The zero-order valence-electron chi connectivity index (χ0n) is 9.41. The highest BCUT2D eigenvalue weighted by atomic mass is 127. The van der Waals surface area contributed by atoms with Crippen LogP contribution in [0.3, 0.4) is 0 Å². The van der Waals surface area contributed by atoms with Crippen LogP contribution in [0, 0.1) is 6.92 Å². The molecular weight excluding hydrogens is 367 g/mol. The van der Waals surface area contributed by atoms with Crippen LogP contribution in [-0.2, 0) is 0 Å². The Morgan fingerprint density at radius 3 is 2.31 bits per heavy atom. The van der Waals surface area contributed by atoms with E-state index in [4.69, 9.17) is 0 Å². The van der Waals surface area contributed by atoms with Gasteiger partial charge in [-0.15, -0.1) is 11.8 Å².